The molecule has 0 saturated carbocycles. The summed E-state index contributed by atoms with van der Waals surface area (Å²) in [5.74, 6) is 0. The first-order chi connectivity index (χ1) is 9.13. The summed E-state index contributed by atoms with van der Waals surface area (Å²) in [6.07, 6.45) is 0. The normalized spacial score (nSPS) is 13.6. The Morgan fingerprint density at radius 3 is 2.05 bits per heavy atom. The molecule has 4 nitrogen and oxygen atoms in total. The number of benzene rings is 1. The van der Waals surface area contributed by atoms with Gasteiger partial charge in [0, 0.05) is 17.6 Å². The molecule has 0 heterocycles. The van der Waals surface area contributed by atoms with Crippen molar-refractivity contribution >= 4 is 50.5 Å². The molecule has 1 atom stereocenters. The number of hydrogen-bond donors (Lipinski definition) is 2. The molecular formula is C12H17Cl3N2O2S. The quantitative estimate of drug-likeness (QED) is 0.812. The van der Waals surface area contributed by atoms with Crippen LogP contribution in [0.3, 0.4) is 0 Å². The number of hydrogen-bond acceptors (Lipinski definition) is 3. The summed E-state index contributed by atoms with van der Waals surface area (Å²) < 4.78 is 26.8. The fraction of sp³-hybridized carbons (Fsp3) is 0.500. The van der Waals surface area contributed by atoms with Crippen LogP contribution in [0.1, 0.15) is 20.8 Å². The zero-order chi connectivity index (χ0) is 15.5. The second kappa shape index (κ2) is 7.18. The molecule has 0 aliphatic rings. The number of nitrogens with one attached hydrogen (secondary N) is 2. The molecule has 114 valence electrons. The molecule has 0 bridgehead atoms. The van der Waals surface area contributed by atoms with Crippen molar-refractivity contribution in [3.05, 3.63) is 27.2 Å². The van der Waals surface area contributed by atoms with Crippen LogP contribution in [0.2, 0.25) is 15.1 Å². The minimum Gasteiger partial charge on any atom is -0.313 e. The first-order valence-electron chi connectivity index (χ1n) is 6.03. The maximum Gasteiger partial charge on any atom is 0.236 e. The molecule has 0 spiro atoms. The topological polar surface area (TPSA) is 58.2 Å². The van der Waals surface area contributed by atoms with Crippen molar-refractivity contribution in [2.75, 3.05) is 11.3 Å². The molecule has 1 rings (SSSR count). The van der Waals surface area contributed by atoms with Gasteiger partial charge in [0.05, 0.1) is 21.0 Å². The number of sulfonamides is 1. The Hall–Kier alpha value is -0.200. The van der Waals surface area contributed by atoms with E-state index in [4.69, 9.17) is 34.8 Å². The minimum atomic E-state index is -3.59. The lowest BCUT2D eigenvalue weighted by atomic mass is 10.3. The van der Waals surface area contributed by atoms with E-state index in [2.05, 4.69) is 10.0 Å². The Bertz CT molecular complexity index is 553. The molecule has 1 unspecified atom stereocenters. The first kappa shape index (κ1) is 17.9. The van der Waals surface area contributed by atoms with Gasteiger partial charge < -0.3 is 5.32 Å². The van der Waals surface area contributed by atoms with Crippen molar-refractivity contribution in [3.8, 4) is 0 Å². The summed E-state index contributed by atoms with van der Waals surface area (Å²) in [7, 11) is -3.59. The highest BCUT2D eigenvalue weighted by atomic mass is 35.5. The van der Waals surface area contributed by atoms with E-state index in [-0.39, 0.29) is 21.8 Å². The van der Waals surface area contributed by atoms with Gasteiger partial charge in [0.1, 0.15) is 0 Å². The lowest BCUT2D eigenvalue weighted by molar-refractivity contribution is 0.553. The maximum atomic E-state index is 12.2. The predicted molar refractivity (Wildman–Crippen MR) is 86.6 cm³/mol. The van der Waals surface area contributed by atoms with Gasteiger partial charge in [-0.1, -0.05) is 48.7 Å². The Morgan fingerprint density at radius 1 is 1.10 bits per heavy atom. The summed E-state index contributed by atoms with van der Waals surface area (Å²) in [4.78, 5) is 0. The number of halogens is 3. The van der Waals surface area contributed by atoms with Crippen molar-refractivity contribution in [1.29, 1.82) is 0 Å². The molecule has 0 aliphatic heterocycles. The Balaban J connectivity index is 2.91. The second-order valence-electron chi connectivity index (χ2n) is 4.77. The van der Waals surface area contributed by atoms with Gasteiger partial charge in [-0.25, -0.2) is 8.42 Å². The van der Waals surface area contributed by atoms with Crippen molar-refractivity contribution in [1.82, 2.24) is 5.32 Å². The molecule has 1 aromatic carbocycles. The summed E-state index contributed by atoms with van der Waals surface area (Å²) in [5.41, 5.74) is 0.147. The van der Waals surface area contributed by atoms with Gasteiger partial charge in [0.25, 0.3) is 0 Å². The molecule has 20 heavy (non-hydrogen) atoms. The SMILES string of the molecule is CC(C)NCC(C)S(=O)(=O)Nc1c(Cl)cc(Cl)cc1Cl. The van der Waals surface area contributed by atoms with Crippen molar-refractivity contribution < 1.29 is 8.42 Å². The van der Waals surface area contributed by atoms with E-state index in [1.54, 1.807) is 6.92 Å². The third kappa shape index (κ3) is 4.97. The monoisotopic (exact) mass is 358 g/mol. The molecule has 1 aromatic rings. The van der Waals surface area contributed by atoms with Crippen molar-refractivity contribution in [3.63, 3.8) is 0 Å². The second-order valence-corrected chi connectivity index (χ2v) is 8.11. The Labute approximate surface area is 134 Å². The van der Waals surface area contributed by atoms with Crippen LogP contribution < -0.4 is 10.0 Å². The standard InChI is InChI=1S/C12H17Cl3N2O2S/c1-7(2)16-6-8(3)20(18,19)17-12-10(14)4-9(13)5-11(12)15/h4-5,7-8,16-17H,6H2,1-3H3. The molecular weight excluding hydrogens is 343 g/mol. The molecule has 0 saturated heterocycles. The van der Waals surface area contributed by atoms with E-state index in [1.165, 1.54) is 12.1 Å². The third-order valence-electron chi connectivity index (χ3n) is 2.59. The van der Waals surface area contributed by atoms with Crippen LogP contribution in [-0.4, -0.2) is 26.3 Å². The highest BCUT2D eigenvalue weighted by Gasteiger charge is 2.23. The molecule has 8 heteroatoms. The summed E-state index contributed by atoms with van der Waals surface area (Å²) in [6, 6.07) is 3.07. The number of anilines is 1. The Kier molecular flexibility index (Phi) is 6.41. The van der Waals surface area contributed by atoms with Crippen LogP contribution >= 0.6 is 34.8 Å². The Morgan fingerprint density at radius 2 is 1.60 bits per heavy atom. The minimum absolute atomic E-state index is 0.147. The van der Waals surface area contributed by atoms with E-state index >= 15 is 0 Å². The average Bonchev–Trinajstić information content (AvgIpc) is 2.30. The van der Waals surface area contributed by atoms with Crippen LogP contribution in [0.25, 0.3) is 0 Å². The van der Waals surface area contributed by atoms with Gasteiger partial charge >= 0.3 is 0 Å². The largest absolute Gasteiger partial charge is 0.313 e. The molecule has 0 amide bonds. The van der Waals surface area contributed by atoms with Gasteiger partial charge in [-0.3, -0.25) is 4.72 Å². The van der Waals surface area contributed by atoms with Crippen LogP contribution in [0.15, 0.2) is 12.1 Å². The van der Waals surface area contributed by atoms with Crippen LogP contribution in [-0.2, 0) is 10.0 Å². The van der Waals surface area contributed by atoms with Gasteiger partial charge in [0.2, 0.25) is 10.0 Å². The summed E-state index contributed by atoms with van der Waals surface area (Å²) in [5, 5.41) is 3.11. The zero-order valence-electron chi connectivity index (χ0n) is 11.4. The van der Waals surface area contributed by atoms with E-state index in [0.717, 1.165) is 0 Å². The predicted octanol–water partition coefficient (Wildman–Crippen LogP) is 3.78. The zero-order valence-corrected chi connectivity index (χ0v) is 14.5. The van der Waals surface area contributed by atoms with Gasteiger partial charge in [-0.05, 0) is 19.1 Å². The van der Waals surface area contributed by atoms with E-state index in [0.29, 0.717) is 11.6 Å². The molecule has 0 aromatic heterocycles. The molecule has 2 N–H and O–H groups in total. The van der Waals surface area contributed by atoms with Crippen molar-refractivity contribution in [2.45, 2.75) is 32.1 Å². The average molecular weight is 360 g/mol. The van der Waals surface area contributed by atoms with Gasteiger partial charge in [-0.15, -0.1) is 0 Å². The lowest BCUT2D eigenvalue weighted by Gasteiger charge is -2.18. The summed E-state index contributed by atoms with van der Waals surface area (Å²) in [6.45, 7) is 5.82. The molecule has 0 aliphatic carbocycles. The summed E-state index contributed by atoms with van der Waals surface area (Å²) >= 11 is 17.7. The van der Waals surface area contributed by atoms with Crippen LogP contribution in [0, 0.1) is 0 Å². The van der Waals surface area contributed by atoms with E-state index in [1.807, 2.05) is 13.8 Å². The highest BCUT2D eigenvalue weighted by Crippen LogP contribution is 2.34. The first-order valence-corrected chi connectivity index (χ1v) is 8.71. The molecule has 0 fully saturated rings. The van der Waals surface area contributed by atoms with E-state index < -0.39 is 15.3 Å². The van der Waals surface area contributed by atoms with Crippen molar-refractivity contribution in [2.24, 2.45) is 0 Å². The third-order valence-corrected chi connectivity index (χ3v) is 5.12. The maximum absolute atomic E-state index is 12.2. The van der Waals surface area contributed by atoms with E-state index in [9.17, 15) is 8.42 Å². The fourth-order valence-electron chi connectivity index (χ4n) is 1.39. The van der Waals surface area contributed by atoms with Gasteiger partial charge in [0.15, 0.2) is 0 Å². The smallest absolute Gasteiger partial charge is 0.236 e. The van der Waals surface area contributed by atoms with Gasteiger partial charge in [-0.2, -0.15) is 0 Å². The van der Waals surface area contributed by atoms with Crippen LogP contribution in [0.4, 0.5) is 5.69 Å². The van der Waals surface area contributed by atoms with Crippen LogP contribution in [0.5, 0.6) is 0 Å². The fourth-order valence-corrected chi connectivity index (χ4v) is 3.44. The molecule has 0 radical (unpaired) electrons. The highest BCUT2D eigenvalue weighted by molar-refractivity contribution is 7.93. The number of rotatable bonds is 6. The lowest BCUT2D eigenvalue weighted by Crippen LogP contribution is -2.37.